The van der Waals surface area contributed by atoms with Crippen molar-refractivity contribution in [1.29, 1.82) is 0 Å². The summed E-state index contributed by atoms with van der Waals surface area (Å²) >= 11 is 4.85. The summed E-state index contributed by atoms with van der Waals surface area (Å²) in [7, 11) is 0. The van der Waals surface area contributed by atoms with Crippen LogP contribution in [0, 0.1) is 0 Å². The zero-order valence-corrected chi connectivity index (χ0v) is 14.2. The summed E-state index contributed by atoms with van der Waals surface area (Å²) in [6.07, 6.45) is 0. The molecule has 0 aliphatic heterocycles. The van der Waals surface area contributed by atoms with Gasteiger partial charge < -0.3 is 15.5 Å². The molecule has 0 spiro atoms. The van der Waals surface area contributed by atoms with Crippen LogP contribution in [0.25, 0.3) is 22.6 Å². The molecule has 5 heteroatoms. The van der Waals surface area contributed by atoms with Gasteiger partial charge in [0.2, 0.25) is 5.89 Å². The maximum atomic E-state index is 5.84. The molecule has 3 aromatic rings. The molecule has 23 heavy (non-hydrogen) atoms. The normalized spacial score (nSPS) is 11.6. The first-order chi connectivity index (χ1) is 10.8. The second-order valence-corrected chi connectivity index (χ2v) is 6.96. The van der Waals surface area contributed by atoms with Gasteiger partial charge in [-0.1, -0.05) is 32.9 Å². The molecule has 2 aromatic carbocycles. The van der Waals surface area contributed by atoms with Crippen molar-refractivity contribution in [3.05, 3.63) is 48.0 Å². The van der Waals surface area contributed by atoms with Crippen LogP contribution in [-0.4, -0.2) is 10.1 Å². The summed E-state index contributed by atoms with van der Waals surface area (Å²) in [6, 6.07) is 13.9. The molecule has 0 fully saturated rings. The van der Waals surface area contributed by atoms with E-state index in [1.165, 1.54) is 5.56 Å². The number of oxazole rings is 1. The van der Waals surface area contributed by atoms with Crippen LogP contribution in [0.1, 0.15) is 26.3 Å². The first kappa shape index (κ1) is 15.5. The van der Waals surface area contributed by atoms with Crippen LogP contribution in [0.3, 0.4) is 0 Å². The lowest BCUT2D eigenvalue weighted by Crippen LogP contribution is -2.18. The molecule has 118 valence electrons. The molecule has 4 nitrogen and oxygen atoms in total. The Balaban J connectivity index is 1.95. The molecule has 0 radical (unpaired) electrons. The van der Waals surface area contributed by atoms with Crippen molar-refractivity contribution < 1.29 is 4.42 Å². The smallest absolute Gasteiger partial charge is 0.227 e. The molecule has 0 aliphatic carbocycles. The van der Waals surface area contributed by atoms with Gasteiger partial charge in [0.1, 0.15) is 5.52 Å². The van der Waals surface area contributed by atoms with E-state index in [1.807, 2.05) is 30.3 Å². The number of nitrogens with zero attached hydrogens (tertiary/aromatic N) is 1. The molecular formula is C18H19N3OS. The van der Waals surface area contributed by atoms with E-state index in [9.17, 15) is 0 Å². The molecule has 1 heterocycles. The van der Waals surface area contributed by atoms with Crippen molar-refractivity contribution in [2.45, 2.75) is 26.2 Å². The molecule has 0 saturated carbocycles. The Labute approximate surface area is 140 Å². The van der Waals surface area contributed by atoms with Crippen molar-refractivity contribution in [3.63, 3.8) is 0 Å². The lowest BCUT2D eigenvalue weighted by molar-refractivity contribution is 0.589. The van der Waals surface area contributed by atoms with Crippen molar-refractivity contribution >= 4 is 34.1 Å². The molecule has 3 rings (SSSR count). The number of rotatable bonds is 2. The number of nitrogens with two attached hydrogens (primary N) is 1. The van der Waals surface area contributed by atoms with Crippen LogP contribution < -0.4 is 11.1 Å². The second kappa shape index (κ2) is 5.66. The van der Waals surface area contributed by atoms with E-state index >= 15 is 0 Å². The van der Waals surface area contributed by atoms with Crippen molar-refractivity contribution in [3.8, 4) is 11.5 Å². The highest BCUT2D eigenvalue weighted by Gasteiger charge is 2.14. The number of hydrogen-bond acceptors (Lipinski definition) is 3. The molecule has 1 aromatic heterocycles. The minimum Gasteiger partial charge on any atom is -0.436 e. The van der Waals surface area contributed by atoms with Gasteiger partial charge in [-0.25, -0.2) is 4.98 Å². The third-order valence-corrected chi connectivity index (χ3v) is 3.76. The Morgan fingerprint density at radius 3 is 2.43 bits per heavy atom. The first-order valence-corrected chi connectivity index (χ1v) is 7.82. The first-order valence-electron chi connectivity index (χ1n) is 7.41. The van der Waals surface area contributed by atoms with Crippen LogP contribution in [0.15, 0.2) is 46.9 Å². The molecule has 0 amide bonds. The summed E-state index contributed by atoms with van der Waals surface area (Å²) in [5.41, 5.74) is 10.1. The summed E-state index contributed by atoms with van der Waals surface area (Å²) < 4.78 is 5.84. The van der Waals surface area contributed by atoms with Gasteiger partial charge in [0.15, 0.2) is 10.7 Å². The summed E-state index contributed by atoms with van der Waals surface area (Å²) in [5, 5.41) is 3.13. The predicted octanol–water partition coefficient (Wildman–Crippen LogP) is 4.45. The fraction of sp³-hybridized carbons (Fsp3) is 0.222. The van der Waals surface area contributed by atoms with E-state index in [0.29, 0.717) is 5.89 Å². The molecule has 0 bridgehead atoms. The van der Waals surface area contributed by atoms with Gasteiger partial charge in [-0.05, 0) is 53.5 Å². The van der Waals surface area contributed by atoms with E-state index < -0.39 is 0 Å². The monoisotopic (exact) mass is 325 g/mol. The highest BCUT2D eigenvalue weighted by Crippen LogP contribution is 2.28. The topological polar surface area (TPSA) is 64.1 Å². The van der Waals surface area contributed by atoms with Gasteiger partial charge in [-0.3, -0.25) is 0 Å². The van der Waals surface area contributed by atoms with Gasteiger partial charge in [0.05, 0.1) is 0 Å². The number of hydrogen-bond donors (Lipinski definition) is 2. The Morgan fingerprint density at radius 1 is 1.13 bits per heavy atom. The molecule has 0 atom stereocenters. The maximum Gasteiger partial charge on any atom is 0.227 e. The zero-order chi connectivity index (χ0) is 16.6. The average Bonchev–Trinajstić information content (AvgIpc) is 2.89. The standard InChI is InChI=1S/C18H19N3OS/c1-18(2,3)12-6-4-11(5-7-12)16-21-14-10-13(20-17(19)23)8-9-15(14)22-16/h4-10H,1-3H3,(H3,19,20,23). The summed E-state index contributed by atoms with van der Waals surface area (Å²) in [4.78, 5) is 4.55. The molecular weight excluding hydrogens is 306 g/mol. The van der Waals surface area contributed by atoms with Gasteiger partial charge in [0, 0.05) is 11.3 Å². The lowest BCUT2D eigenvalue weighted by atomic mass is 9.87. The number of anilines is 1. The fourth-order valence-corrected chi connectivity index (χ4v) is 2.50. The second-order valence-electron chi connectivity index (χ2n) is 6.52. The van der Waals surface area contributed by atoms with Crippen molar-refractivity contribution in [2.75, 3.05) is 5.32 Å². The quantitative estimate of drug-likeness (QED) is 0.682. The molecule has 0 unspecified atom stereocenters. The largest absolute Gasteiger partial charge is 0.436 e. The van der Waals surface area contributed by atoms with E-state index in [0.717, 1.165) is 22.4 Å². The van der Waals surface area contributed by atoms with E-state index in [4.69, 9.17) is 22.4 Å². The average molecular weight is 325 g/mol. The number of nitrogens with one attached hydrogen (secondary N) is 1. The van der Waals surface area contributed by atoms with Gasteiger partial charge >= 0.3 is 0 Å². The molecule has 3 N–H and O–H groups in total. The Hall–Kier alpha value is -2.40. The number of aromatic nitrogens is 1. The maximum absolute atomic E-state index is 5.84. The third-order valence-electron chi connectivity index (χ3n) is 3.65. The molecule has 0 aliphatic rings. The van der Waals surface area contributed by atoms with Crippen LogP contribution in [0.4, 0.5) is 5.69 Å². The zero-order valence-electron chi connectivity index (χ0n) is 13.4. The summed E-state index contributed by atoms with van der Waals surface area (Å²) in [5.74, 6) is 0.605. The van der Waals surface area contributed by atoms with Gasteiger partial charge in [0.25, 0.3) is 0 Å². The molecule has 0 saturated heterocycles. The van der Waals surface area contributed by atoms with E-state index in [-0.39, 0.29) is 10.5 Å². The lowest BCUT2D eigenvalue weighted by Gasteiger charge is -2.18. The van der Waals surface area contributed by atoms with Crippen LogP contribution >= 0.6 is 12.2 Å². The highest BCUT2D eigenvalue weighted by molar-refractivity contribution is 7.80. The number of fused-ring (bicyclic) bond motifs is 1. The fourth-order valence-electron chi connectivity index (χ4n) is 2.38. The highest BCUT2D eigenvalue weighted by atomic mass is 32.1. The van der Waals surface area contributed by atoms with Crippen molar-refractivity contribution in [2.24, 2.45) is 5.73 Å². The van der Waals surface area contributed by atoms with Crippen LogP contribution in [0.5, 0.6) is 0 Å². The Kier molecular flexibility index (Phi) is 3.82. The van der Waals surface area contributed by atoms with Crippen LogP contribution in [-0.2, 0) is 5.41 Å². The van der Waals surface area contributed by atoms with E-state index in [1.54, 1.807) is 0 Å². The van der Waals surface area contributed by atoms with Crippen LogP contribution in [0.2, 0.25) is 0 Å². The Morgan fingerprint density at radius 2 is 1.83 bits per heavy atom. The minimum absolute atomic E-state index is 0.126. The summed E-state index contributed by atoms with van der Waals surface area (Å²) in [6.45, 7) is 6.58. The van der Waals surface area contributed by atoms with Gasteiger partial charge in [-0.15, -0.1) is 0 Å². The SMILES string of the molecule is CC(C)(C)c1ccc(-c2nc3cc(NC(N)=S)ccc3o2)cc1. The number of thiocarbonyl (C=S) groups is 1. The minimum atomic E-state index is 0.126. The van der Waals surface area contributed by atoms with Crippen molar-refractivity contribution in [1.82, 2.24) is 4.98 Å². The van der Waals surface area contributed by atoms with Gasteiger partial charge in [-0.2, -0.15) is 0 Å². The number of benzene rings is 2. The Bertz CT molecular complexity index is 860. The van der Waals surface area contributed by atoms with E-state index in [2.05, 4.69) is 43.2 Å². The third kappa shape index (κ3) is 3.35. The predicted molar refractivity (Wildman–Crippen MR) is 98.6 cm³/mol.